The number of non-ortho nitro benzene ring substituents is 2. The van der Waals surface area contributed by atoms with Crippen molar-refractivity contribution in [2.75, 3.05) is 157 Å². The number of rotatable bonds is 12. The number of hydrogen-bond acceptors (Lipinski definition) is 22. The van der Waals surface area contributed by atoms with Crippen molar-refractivity contribution in [3.63, 3.8) is 0 Å². The number of anilines is 7. The quantitative estimate of drug-likeness (QED) is 0.0290. The molecule has 8 fully saturated rings. The third-order valence-corrected chi connectivity index (χ3v) is 24.9. The van der Waals surface area contributed by atoms with Crippen molar-refractivity contribution in [3.05, 3.63) is 170 Å². The number of methoxy groups -OCH3 is 3. The summed E-state index contributed by atoms with van der Waals surface area (Å²) in [4.78, 5) is 97.8. The Balaban J connectivity index is 0.000000147. The van der Waals surface area contributed by atoms with Crippen LogP contribution in [-0.2, 0) is 26.4 Å². The number of nitrogens with two attached hydrogens (primary N) is 1. The monoisotopic (exact) mass is 1520 g/mol. The second kappa shape index (κ2) is 35.2. The second-order valence-electron chi connectivity index (χ2n) is 31.7. The molecule has 5 N–H and O–H groups in total. The third-order valence-electron chi connectivity index (χ3n) is 24.9. The molecule has 4 aromatic carbocycles. The maximum absolute atomic E-state index is 13.3. The summed E-state index contributed by atoms with van der Waals surface area (Å²) in [5, 5.41) is 39.0. The highest BCUT2D eigenvalue weighted by atomic mass is 16.6. The molecule has 29 heteroatoms. The minimum absolute atomic E-state index is 0.127. The Labute approximate surface area is 649 Å². The number of nitro benzene ring substituents is 2. The third kappa shape index (κ3) is 19.3. The van der Waals surface area contributed by atoms with Gasteiger partial charge in [-0.25, -0.2) is 33.7 Å². The Morgan fingerprint density at radius 1 is 0.541 bits per heavy atom. The lowest BCUT2D eigenvalue weighted by Crippen LogP contribution is -2.48. The summed E-state index contributed by atoms with van der Waals surface area (Å²) >= 11 is 0. The van der Waals surface area contributed by atoms with E-state index in [1.807, 2.05) is 58.3 Å². The van der Waals surface area contributed by atoms with Gasteiger partial charge in [0.05, 0.1) is 43.4 Å². The van der Waals surface area contributed by atoms with Gasteiger partial charge in [-0.2, -0.15) is 4.98 Å². The van der Waals surface area contributed by atoms with Gasteiger partial charge in [0.2, 0.25) is 5.95 Å². The van der Waals surface area contributed by atoms with Gasteiger partial charge >= 0.3 is 18.3 Å². The smallest absolute Gasteiger partial charge is 0.409 e. The van der Waals surface area contributed by atoms with E-state index in [9.17, 15) is 44.5 Å². The zero-order valence-corrected chi connectivity index (χ0v) is 64.9. The van der Waals surface area contributed by atoms with Crippen LogP contribution in [0.25, 0.3) is 16.9 Å². The van der Waals surface area contributed by atoms with Gasteiger partial charge in [0.1, 0.15) is 11.0 Å². The van der Waals surface area contributed by atoms with Gasteiger partial charge in [0.15, 0.2) is 11.5 Å². The predicted octanol–water partition coefficient (Wildman–Crippen LogP) is 12.9. The molecule has 0 aliphatic carbocycles. The Morgan fingerprint density at radius 3 is 1.24 bits per heavy atom. The number of allylic oxidation sites excluding steroid dienone is 1. The van der Waals surface area contributed by atoms with Crippen LogP contribution in [0.5, 0.6) is 0 Å². The van der Waals surface area contributed by atoms with E-state index in [1.54, 1.807) is 72.0 Å². The lowest BCUT2D eigenvalue weighted by Gasteiger charge is -2.47. The second-order valence-corrected chi connectivity index (χ2v) is 31.7. The molecule has 3 aromatic heterocycles. The molecule has 0 atom stereocenters. The first-order valence-corrected chi connectivity index (χ1v) is 39.1. The number of piperidine rings is 8. The summed E-state index contributed by atoms with van der Waals surface area (Å²) in [5.74, 6) is 0.798. The first-order valence-electron chi connectivity index (χ1n) is 39.1. The average Bonchev–Trinajstić information content (AvgIpc) is 1.64. The zero-order chi connectivity index (χ0) is 78.5. The Hall–Kier alpha value is -10.6. The van der Waals surface area contributed by atoms with E-state index < -0.39 is 5.60 Å². The number of benzene rings is 4. The van der Waals surface area contributed by atoms with Crippen LogP contribution in [0.1, 0.15) is 122 Å². The first-order chi connectivity index (χ1) is 53.4. The number of amides is 3. The van der Waals surface area contributed by atoms with Crippen LogP contribution in [0.2, 0.25) is 0 Å². The highest BCUT2D eigenvalue weighted by Gasteiger charge is 2.43. The minimum Gasteiger partial charge on any atom is -0.453 e. The summed E-state index contributed by atoms with van der Waals surface area (Å²) in [6.45, 7) is 22.6. The van der Waals surface area contributed by atoms with Crippen LogP contribution in [0.3, 0.4) is 0 Å². The topological polar surface area (TPSA) is 324 Å². The van der Waals surface area contributed by atoms with Crippen LogP contribution in [-0.4, -0.2) is 198 Å². The Bertz CT molecular complexity index is 4370. The molecule has 111 heavy (non-hydrogen) atoms. The van der Waals surface area contributed by atoms with Crippen molar-refractivity contribution in [2.45, 2.75) is 129 Å². The summed E-state index contributed by atoms with van der Waals surface area (Å²) < 4.78 is 17.7. The molecule has 8 aliphatic rings. The van der Waals surface area contributed by atoms with Gasteiger partial charge in [0.25, 0.3) is 16.9 Å². The molecule has 7 aromatic rings. The fourth-order valence-corrected chi connectivity index (χ4v) is 17.4. The average molecular weight is 1520 g/mol. The van der Waals surface area contributed by atoms with Gasteiger partial charge in [-0.05, 0) is 236 Å². The molecule has 0 bridgehead atoms. The number of carbonyl (C=O) groups excluding carboxylic acids is 3. The Kier molecular flexibility index (Phi) is 25.4. The summed E-state index contributed by atoms with van der Waals surface area (Å²) in [6.07, 6.45) is 20.7. The standard InChI is InChI=1S/C33H40N8O4.C17H23N3O4.C17H25N3O2.C15H21N3O2/c1-5-17-40-29(42)25-22-34-30(37-28(25)41(40)27-8-6-7-26(36-27)32(2,3)44)35-23-9-11-24(12-10-23)38-18-13-33(14-19-38)15-20-39(21-16-33)31(43)45-4;1-24-16(21)19-12-8-17(9-13-19)6-10-18(11-7-17)14-2-4-15(5-3-14)20(22)23;1-22-16(21)20-12-8-17(9-13-20)6-10-19(11-7-17)15-4-2-14(18)3-5-15;19-18(20)14-3-1-13(2-4-14)17-11-7-15(8-12-17)5-9-16-10-6-15/h5-12,22,44H,1,13-21H2,2-4H3,(H,34,35,37);2-5H,6-13H2,1H3;2-5H,6-13,18H2,1H3;1-4,16H,5-12H2. The highest BCUT2D eigenvalue weighted by Crippen LogP contribution is 2.46. The predicted molar refractivity (Wildman–Crippen MR) is 430 cm³/mol. The van der Waals surface area contributed by atoms with Crippen molar-refractivity contribution < 1.29 is 43.5 Å². The number of fused-ring (bicyclic) bond motifs is 1. The minimum atomic E-state index is -1.16. The number of aromatic nitrogens is 5. The van der Waals surface area contributed by atoms with E-state index in [0.29, 0.717) is 50.2 Å². The Morgan fingerprint density at radius 2 is 0.892 bits per heavy atom. The van der Waals surface area contributed by atoms with Gasteiger partial charge < -0.3 is 70.0 Å². The van der Waals surface area contributed by atoms with E-state index in [-0.39, 0.29) is 51.6 Å². The van der Waals surface area contributed by atoms with Crippen LogP contribution in [0, 0.1) is 41.9 Å². The van der Waals surface area contributed by atoms with Gasteiger partial charge in [-0.15, -0.1) is 6.58 Å². The molecule has 594 valence electrons. The van der Waals surface area contributed by atoms with Crippen LogP contribution < -0.4 is 41.5 Å². The van der Waals surface area contributed by atoms with E-state index in [0.717, 1.165) is 197 Å². The molecule has 0 unspecified atom stereocenters. The summed E-state index contributed by atoms with van der Waals surface area (Å²) in [7, 11) is 4.32. The van der Waals surface area contributed by atoms with Crippen molar-refractivity contribution in [1.29, 1.82) is 0 Å². The number of ether oxygens (including phenoxy) is 3. The lowest BCUT2D eigenvalue weighted by molar-refractivity contribution is -0.385. The number of nitrogen functional groups attached to an aromatic ring is 1. The molecule has 29 nitrogen and oxygen atoms in total. The first kappa shape index (κ1) is 80.0. The van der Waals surface area contributed by atoms with E-state index >= 15 is 0 Å². The SMILES string of the molecule is C=CCn1c(=O)c2cnc(Nc3ccc(N4CCC5(CCN(C(=O)OC)CC5)CC4)cc3)nc2n1-c1cccc(C(C)(C)O)n1.COC(=O)N1CCC2(CC1)CCN(c1ccc(N)cc1)CC2.COC(=O)N1CCC2(CC1)CCN(c1ccc([N+](=O)[O-])cc1)CC2.O=[N+]([O-])c1ccc(N2CCC3(CCNCC3)CC2)cc1. The fraction of sp³-hybridized carbons (Fsp3) is 0.524. The van der Waals surface area contributed by atoms with Crippen molar-refractivity contribution in [3.8, 4) is 5.82 Å². The van der Waals surface area contributed by atoms with E-state index in [1.165, 1.54) is 76.4 Å². The zero-order valence-electron chi connectivity index (χ0n) is 64.9. The number of aliphatic hydroxyl groups is 1. The molecule has 11 heterocycles. The van der Waals surface area contributed by atoms with Crippen molar-refractivity contribution >= 4 is 80.8 Å². The van der Waals surface area contributed by atoms with Gasteiger partial charge in [0, 0.05) is 156 Å². The normalized spacial score (nSPS) is 19.2. The molecule has 0 radical (unpaired) electrons. The fourth-order valence-electron chi connectivity index (χ4n) is 17.4. The van der Waals surface area contributed by atoms with Gasteiger partial charge in [-0.1, -0.05) is 12.1 Å². The van der Waals surface area contributed by atoms with Crippen LogP contribution >= 0.6 is 0 Å². The molecule has 0 saturated carbocycles. The van der Waals surface area contributed by atoms with E-state index in [2.05, 4.69) is 71.0 Å². The largest absolute Gasteiger partial charge is 0.453 e. The maximum Gasteiger partial charge on any atom is 0.409 e. The van der Waals surface area contributed by atoms with Crippen molar-refractivity contribution in [2.24, 2.45) is 21.7 Å². The number of nitrogens with zero attached hydrogens (tertiary/aromatic N) is 14. The number of nitrogens with one attached hydrogen (secondary N) is 2. The van der Waals surface area contributed by atoms with Gasteiger partial charge in [-0.3, -0.25) is 25.0 Å². The number of nitro groups is 2. The highest BCUT2D eigenvalue weighted by molar-refractivity contribution is 5.77. The van der Waals surface area contributed by atoms with Crippen molar-refractivity contribution in [1.82, 2.24) is 44.3 Å². The summed E-state index contributed by atoms with van der Waals surface area (Å²) in [5.41, 5.74) is 13.3. The molecular formula is C82H109N17O12. The van der Waals surface area contributed by atoms with Crippen LogP contribution in [0.15, 0.2) is 139 Å². The number of hydrogen-bond donors (Lipinski definition) is 4. The number of carbonyl (C=O) groups is 3. The molecule has 4 spiro atoms. The molecular weight excluding hydrogens is 1420 g/mol. The van der Waals surface area contributed by atoms with Crippen LogP contribution in [0.4, 0.5) is 65.8 Å². The molecule has 3 amide bonds. The van der Waals surface area contributed by atoms with E-state index in [4.69, 9.17) is 24.9 Å². The maximum atomic E-state index is 13.3. The lowest BCUT2D eigenvalue weighted by atomic mass is 9.71. The molecule has 15 rings (SSSR count). The number of pyridine rings is 1. The number of likely N-dealkylation sites (tertiary alicyclic amines) is 3. The molecule has 8 aliphatic heterocycles. The molecule has 8 saturated heterocycles. The summed E-state index contributed by atoms with van der Waals surface area (Å²) in [6, 6.07) is 35.4.